The first-order valence-corrected chi connectivity index (χ1v) is 21.8. The highest BCUT2D eigenvalue weighted by molar-refractivity contribution is 7.49. The standard InChI is InChI=1S/C54H39O10P/c55-40-22-10-34(11-23-40)46-4-1-7-49(52(46)37-16-28-43(58)29-17-37)62-65(61,63-50-8-2-5-47(35-12-24-41(56)25-13-35)53(50)38-18-30-44(59)31-19-38)64-51-9-3-6-48(36-14-26-42(57)27-15-36)54(51)39-20-32-45(60)33-21-39/h1-33,55-60H. The molecule has 9 rings (SSSR count). The Morgan fingerprint density at radius 3 is 0.677 bits per heavy atom. The van der Waals surface area contributed by atoms with Gasteiger partial charge < -0.3 is 44.2 Å². The van der Waals surface area contributed by atoms with Crippen LogP contribution in [0.5, 0.6) is 51.7 Å². The van der Waals surface area contributed by atoms with Gasteiger partial charge in [-0.05, 0) is 141 Å². The zero-order chi connectivity index (χ0) is 45.1. The molecule has 0 unspecified atom stereocenters. The Morgan fingerprint density at radius 2 is 0.462 bits per heavy atom. The summed E-state index contributed by atoms with van der Waals surface area (Å²) in [6.45, 7) is 0. The number of phenols is 6. The van der Waals surface area contributed by atoms with E-state index < -0.39 is 7.82 Å². The van der Waals surface area contributed by atoms with Gasteiger partial charge in [-0.1, -0.05) is 109 Å². The van der Waals surface area contributed by atoms with Crippen molar-refractivity contribution >= 4 is 7.82 Å². The van der Waals surface area contributed by atoms with E-state index in [-0.39, 0.29) is 51.7 Å². The fourth-order valence-electron chi connectivity index (χ4n) is 7.66. The molecule has 11 heteroatoms. The van der Waals surface area contributed by atoms with E-state index in [1.807, 2.05) is 18.2 Å². The van der Waals surface area contributed by atoms with E-state index in [1.54, 1.807) is 146 Å². The summed E-state index contributed by atoms with van der Waals surface area (Å²) in [6.07, 6.45) is 0. The van der Waals surface area contributed by atoms with Crippen LogP contribution in [0, 0.1) is 0 Å². The summed E-state index contributed by atoms with van der Waals surface area (Å²) in [6, 6.07) is 54.7. The van der Waals surface area contributed by atoms with Crippen molar-refractivity contribution in [3.8, 4) is 119 Å². The van der Waals surface area contributed by atoms with Crippen molar-refractivity contribution in [3.05, 3.63) is 200 Å². The lowest BCUT2D eigenvalue weighted by molar-refractivity contribution is 0.299. The van der Waals surface area contributed by atoms with E-state index in [2.05, 4.69) is 0 Å². The van der Waals surface area contributed by atoms with Gasteiger partial charge in [0.05, 0.1) is 0 Å². The lowest BCUT2D eigenvalue weighted by atomic mass is 9.93. The Morgan fingerprint density at radius 1 is 0.262 bits per heavy atom. The van der Waals surface area contributed by atoms with Crippen molar-refractivity contribution in [2.75, 3.05) is 0 Å². The van der Waals surface area contributed by atoms with Gasteiger partial charge in [0, 0.05) is 16.7 Å². The monoisotopic (exact) mass is 878 g/mol. The first-order valence-electron chi connectivity index (χ1n) is 20.3. The van der Waals surface area contributed by atoms with Gasteiger partial charge >= 0.3 is 7.82 Å². The second kappa shape index (κ2) is 17.6. The van der Waals surface area contributed by atoms with E-state index >= 15 is 4.57 Å². The molecular formula is C54H39O10P. The predicted molar refractivity (Wildman–Crippen MR) is 251 cm³/mol. The molecule has 0 aliphatic heterocycles. The molecule has 0 heterocycles. The molecule has 0 spiro atoms. The average molecular weight is 879 g/mol. The number of benzene rings is 9. The molecule has 0 aliphatic rings. The Hall–Kier alpha value is -8.59. The molecule has 10 nitrogen and oxygen atoms in total. The summed E-state index contributed by atoms with van der Waals surface area (Å²) in [5.74, 6) is 0.553. The minimum atomic E-state index is -4.98. The zero-order valence-electron chi connectivity index (χ0n) is 34.3. The molecule has 6 N–H and O–H groups in total. The lowest BCUT2D eigenvalue weighted by Gasteiger charge is -2.25. The fourth-order valence-corrected chi connectivity index (χ4v) is 8.95. The molecular weight excluding hydrogens is 840 g/mol. The lowest BCUT2D eigenvalue weighted by Crippen LogP contribution is -2.10. The number of phenolic OH excluding ortho intramolecular Hbond substituents is 6. The van der Waals surface area contributed by atoms with Crippen molar-refractivity contribution in [1.29, 1.82) is 0 Å². The molecule has 0 fully saturated rings. The van der Waals surface area contributed by atoms with Crippen molar-refractivity contribution in [3.63, 3.8) is 0 Å². The molecule has 9 aromatic rings. The van der Waals surface area contributed by atoms with Gasteiger partial charge in [0.2, 0.25) is 0 Å². The van der Waals surface area contributed by atoms with Crippen LogP contribution in [-0.4, -0.2) is 30.6 Å². The molecule has 0 aromatic heterocycles. The van der Waals surface area contributed by atoms with Crippen LogP contribution >= 0.6 is 7.82 Å². The second-order valence-corrected chi connectivity index (χ2v) is 16.5. The van der Waals surface area contributed by atoms with Crippen LogP contribution in [0.1, 0.15) is 0 Å². The molecule has 0 bridgehead atoms. The third kappa shape index (κ3) is 9.02. The molecule has 0 radical (unpaired) electrons. The molecule has 0 atom stereocenters. The van der Waals surface area contributed by atoms with E-state index in [0.717, 1.165) is 0 Å². The number of hydrogen-bond acceptors (Lipinski definition) is 10. The fraction of sp³-hybridized carbons (Fsp3) is 0. The summed E-state index contributed by atoms with van der Waals surface area (Å²) in [5.41, 5.74) is 7.18. The molecule has 0 saturated heterocycles. The number of aromatic hydroxyl groups is 6. The zero-order valence-corrected chi connectivity index (χ0v) is 35.2. The molecule has 320 valence electrons. The number of phosphoric acid groups is 1. The van der Waals surface area contributed by atoms with Gasteiger partial charge in [-0.25, -0.2) is 0 Å². The Bertz CT molecular complexity index is 2830. The van der Waals surface area contributed by atoms with Gasteiger partial charge in [-0.2, -0.15) is 4.57 Å². The Kier molecular flexibility index (Phi) is 11.3. The summed E-state index contributed by atoms with van der Waals surface area (Å²) in [7, 11) is -4.98. The maximum Gasteiger partial charge on any atom is 0.647 e. The predicted octanol–water partition coefficient (Wildman–Crippen LogP) is 13.6. The van der Waals surface area contributed by atoms with Crippen LogP contribution < -0.4 is 13.6 Å². The topological polar surface area (TPSA) is 166 Å². The quantitative estimate of drug-likeness (QED) is 0.0650. The summed E-state index contributed by atoms with van der Waals surface area (Å²) < 4.78 is 36.3. The summed E-state index contributed by atoms with van der Waals surface area (Å²) in [5, 5.41) is 61.5. The number of hydrogen-bond donors (Lipinski definition) is 6. The van der Waals surface area contributed by atoms with E-state index in [9.17, 15) is 30.6 Å². The van der Waals surface area contributed by atoms with Gasteiger partial charge in [-0.15, -0.1) is 0 Å². The van der Waals surface area contributed by atoms with Crippen LogP contribution in [0.2, 0.25) is 0 Å². The van der Waals surface area contributed by atoms with Crippen molar-refractivity contribution < 1.29 is 48.8 Å². The molecule has 0 saturated carbocycles. The first-order chi connectivity index (χ1) is 31.5. The maximum atomic E-state index is 16.2. The first kappa shape index (κ1) is 41.7. The molecule has 0 amide bonds. The molecule has 65 heavy (non-hydrogen) atoms. The SMILES string of the molecule is O=P(Oc1cccc(-c2ccc(O)cc2)c1-c1ccc(O)cc1)(Oc1cccc(-c2ccc(O)cc2)c1-c1ccc(O)cc1)Oc1cccc(-c2ccc(O)cc2)c1-c1ccc(O)cc1. The smallest absolute Gasteiger partial charge is 0.508 e. The van der Waals surface area contributed by atoms with E-state index in [0.29, 0.717) is 66.8 Å². The van der Waals surface area contributed by atoms with Gasteiger partial charge in [0.1, 0.15) is 51.7 Å². The summed E-state index contributed by atoms with van der Waals surface area (Å²) in [4.78, 5) is 0. The van der Waals surface area contributed by atoms with Gasteiger partial charge in [-0.3, -0.25) is 0 Å². The average Bonchev–Trinajstić information content (AvgIpc) is 3.31. The molecule has 0 aliphatic carbocycles. The largest absolute Gasteiger partial charge is 0.647 e. The normalized spacial score (nSPS) is 11.2. The van der Waals surface area contributed by atoms with E-state index in [1.165, 1.54) is 36.4 Å². The van der Waals surface area contributed by atoms with Crippen LogP contribution in [0.3, 0.4) is 0 Å². The summed E-state index contributed by atoms with van der Waals surface area (Å²) >= 11 is 0. The van der Waals surface area contributed by atoms with Crippen molar-refractivity contribution in [2.24, 2.45) is 0 Å². The maximum absolute atomic E-state index is 16.2. The highest BCUT2D eigenvalue weighted by Gasteiger charge is 2.37. The Labute approximate surface area is 374 Å². The third-order valence-electron chi connectivity index (χ3n) is 10.7. The number of phosphoric ester groups is 1. The highest BCUT2D eigenvalue weighted by atomic mass is 31.2. The highest BCUT2D eigenvalue weighted by Crippen LogP contribution is 2.57. The molecule has 9 aromatic carbocycles. The minimum absolute atomic E-state index is 0.0289. The van der Waals surface area contributed by atoms with Gasteiger partial charge in [0.25, 0.3) is 0 Å². The van der Waals surface area contributed by atoms with Crippen LogP contribution in [-0.2, 0) is 4.57 Å². The van der Waals surface area contributed by atoms with E-state index in [4.69, 9.17) is 13.6 Å². The Balaban J connectivity index is 1.28. The van der Waals surface area contributed by atoms with Crippen LogP contribution in [0.25, 0.3) is 66.8 Å². The second-order valence-electron chi connectivity index (χ2n) is 15.0. The minimum Gasteiger partial charge on any atom is -0.508 e. The van der Waals surface area contributed by atoms with Crippen LogP contribution in [0.4, 0.5) is 0 Å². The van der Waals surface area contributed by atoms with Crippen LogP contribution in [0.15, 0.2) is 200 Å². The number of rotatable bonds is 12. The third-order valence-corrected chi connectivity index (χ3v) is 12.0. The van der Waals surface area contributed by atoms with Gasteiger partial charge in [0.15, 0.2) is 0 Å². The van der Waals surface area contributed by atoms with Crippen molar-refractivity contribution in [1.82, 2.24) is 0 Å². The van der Waals surface area contributed by atoms with Crippen molar-refractivity contribution in [2.45, 2.75) is 0 Å².